The lowest BCUT2D eigenvalue weighted by Gasteiger charge is -2.07. The summed E-state index contributed by atoms with van der Waals surface area (Å²) in [5.41, 5.74) is 5.42. The minimum absolute atomic E-state index is 0.614. The summed E-state index contributed by atoms with van der Waals surface area (Å²) in [6.45, 7) is 2.37. The van der Waals surface area contributed by atoms with Crippen LogP contribution in [0.25, 0.3) is 54.4 Å². The molecule has 1 aliphatic rings. The Morgan fingerprint density at radius 2 is 1.38 bits per heavy atom. The highest BCUT2D eigenvalue weighted by Gasteiger charge is 2.37. The molecule has 1 fully saturated rings. The van der Waals surface area contributed by atoms with Gasteiger partial charge >= 0.3 is 0 Å². The molecule has 7 rings (SSSR count). The van der Waals surface area contributed by atoms with E-state index in [2.05, 4.69) is 95.9 Å². The summed E-state index contributed by atoms with van der Waals surface area (Å²) in [4.78, 5) is 0. The van der Waals surface area contributed by atoms with Gasteiger partial charge in [-0.2, -0.15) is 0 Å². The molecule has 2 unspecified atom stereocenters. The first-order valence-electron chi connectivity index (χ1n) is 10.6. The molecular formula is C27H22N2. The predicted molar refractivity (Wildman–Crippen MR) is 124 cm³/mol. The van der Waals surface area contributed by atoms with E-state index in [1.807, 2.05) is 0 Å². The van der Waals surface area contributed by atoms with Crippen LogP contribution in [0.1, 0.15) is 19.4 Å². The van der Waals surface area contributed by atoms with Crippen LogP contribution in [0.4, 0.5) is 0 Å². The highest BCUT2D eigenvalue weighted by molar-refractivity contribution is 6.30. The molecule has 0 bridgehead atoms. The topological polar surface area (TPSA) is 9.86 Å². The second-order valence-electron chi connectivity index (χ2n) is 8.76. The van der Waals surface area contributed by atoms with E-state index in [-0.39, 0.29) is 0 Å². The highest BCUT2D eigenvalue weighted by Crippen LogP contribution is 2.50. The number of hydrogen-bond donors (Lipinski definition) is 0. The van der Waals surface area contributed by atoms with Crippen LogP contribution in [0.5, 0.6) is 0 Å². The summed E-state index contributed by atoms with van der Waals surface area (Å²) >= 11 is 0. The van der Waals surface area contributed by atoms with Crippen molar-refractivity contribution in [3.63, 3.8) is 0 Å². The average Bonchev–Trinajstić information content (AvgIpc) is 3.27. The number of aryl methyl sites for hydroxylation is 1. The summed E-state index contributed by atoms with van der Waals surface area (Å²) in [6, 6.07) is 27.6. The van der Waals surface area contributed by atoms with Gasteiger partial charge in [0.05, 0.1) is 16.6 Å². The highest BCUT2D eigenvalue weighted by atomic mass is 15.1. The van der Waals surface area contributed by atoms with Crippen LogP contribution in [-0.4, -0.2) is 9.13 Å². The van der Waals surface area contributed by atoms with Gasteiger partial charge in [0.1, 0.15) is 0 Å². The fraction of sp³-hybridized carbons (Fsp3) is 0.185. The van der Waals surface area contributed by atoms with Crippen molar-refractivity contribution < 1.29 is 0 Å². The number of nitrogens with zero attached hydrogens (tertiary/aromatic N) is 2. The smallest absolute Gasteiger partial charge is 0.0590 e. The van der Waals surface area contributed by atoms with E-state index in [0.29, 0.717) is 6.04 Å². The van der Waals surface area contributed by atoms with Crippen molar-refractivity contribution in [2.45, 2.75) is 19.4 Å². The average molecular weight is 374 g/mol. The Bertz CT molecular complexity index is 1610. The van der Waals surface area contributed by atoms with Crippen LogP contribution in [-0.2, 0) is 7.05 Å². The molecule has 0 N–H and O–H groups in total. The Balaban J connectivity index is 1.82. The Morgan fingerprint density at radius 1 is 0.690 bits per heavy atom. The lowest BCUT2D eigenvalue weighted by Crippen LogP contribution is -1.95. The van der Waals surface area contributed by atoms with Gasteiger partial charge in [-0.25, -0.2) is 0 Å². The zero-order valence-corrected chi connectivity index (χ0v) is 16.7. The molecule has 2 heteroatoms. The van der Waals surface area contributed by atoms with Gasteiger partial charge in [0.2, 0.25) is 0 Å². The third kappa shape index (κ3) is 1.87. The van der Waals surface area contributed by atoms with Crippen molar-refractivity contribution >= 4 is 54.4 Å². The summed E-state index contributed by atoms with van der Waals surface area (Å²) < 4.78 is 5.02. The minimum atomic E-state index is 0.614. The zero-order valence-electron chi connectivity index (χ0n) is 16.7. The van der Waals surface area contributed by atoms with Crippen molar-refractivity contribution in [1.29, 1.82) is 0 Å². The molecular weight excluding hydrogens is 352 g/mol. The molecule has 0 aliphatic heterocycles. The monoisotopic (exact) mass is 374 g/mol. The number of hydrogen-bond acceptors (Lipinski definition) is 0. The number of aromatic nitrogens is 2. The minimum Gasteiger partial charge on any atom is -0.343 e. The first-order chi connectivity index (χ1) is 14.2. The van der Waals surface area contributed by atoms with Crippen molar-refractivity contribution in [2.24, 2.45) is 13.0 Å². The van der Waals surface area contributed by atoms with E-state index in [1.54, 1.807) is 0 Å². The normalized spacial score (nSPS) is 19.2. The third-order valence-corrected chi connectivity index (χ3v) is 7.12. The van der Waals surface area contributed by atoms with E-state index in [1.165, 1.54) is 60.8 Å². The lowest BCUT2D eigenvalue weighted by atomic mass is 10.0. The van der Waals surface area contributed by atoms with Crippen LogP contribution < -0.4 is 0 Å². The van der Waals surface area contributed by atoms with Gasteiger partial charge in [0.15, 0.2) is 0 Å². The van der Waals surface area contributed by atoms with Crippen LogP contribution in [0.3, 0.4) is 0 Å². The van der Waals surface area contributed by atoms with Crippen molar-refractivity contribution in [2.75, 3.05) is 0 Å². The SMILES string of the molecule is CC1CC1n1c2ccc3ccccc3c2c2c3c(ccc21)c1ccccc1n3C. The molecule has 4 aromatic carbocycles. The van der Waals surface area contributed by atoms with Gasteiger partial charge in [-0.3, -0.25) is 0 Å². The van der Waals surface area contributed by atoms with Gasteiger partial charge in [0.25, 0.3) is 0 Å². The van der Waals surface area contributed by atoms with Gasteiger partial charge in [-0.1, -0.05) is 61.5 Å². The summed E-state index contributed by atoms with van der Waals surface area (Å²) in [7, 11) is 2.22. The quantitative estimate of drug-likeness (QED) is 0.289. The summed E-state index contributed by atoms with van der Waals surface area (Å²) in [5, 5.41) is 8.19. The van der Waals surface area contributed by atoms with E-state index < -0.39 is 0 Å². The maximum Gasteiger partial charge on any atom is 0.0590 e. The predicted octanol–water partition coefficient (Wildman–Crippen LogP) is 7.17. The molecule has 0 spiro atoms. The molecule has 2 atom stereocenters. The number of rotatable bonds is 1. The maximum absolute atomic E-state index is 2.62. The number of benzene rings is 4. The molecule has 2 heterocycles. The Hall–Kier alpha value is -3.26. The molecule has 6 aromatic rings. The largest absolute Gasteiger partial charge is 0.343 e. The third-order valence-electron chi connectivity index (χ3n) is 7.12. The van der Waals surface area contributed by atoms with Crippen LogP contribution in [0, 0.1) is 5.92 Å². The fourth-order valence-electron chi connectivity index (χ4n) is 5.58. The maximum atomic E-state index is 2.62. The molecule has 0 saturated heterocycles. The molecule has 1 saturated carbocycles. The van der Waals surface area contributed by atoms with Gasteiger partial charge in [0, 0.05) is 40.2 Å². The van der Waals surface area contributed by atoms with Gasteiger partial charge in [-0.05, 0) is 41.3 Å². The van der Waals surface area contributed by atoms with Gasteiger partial charge in [-0.15, -0.1) is 0 Å². The zero-order chi connectivity index (χ0) is 19.3. The summed E-state index contributed by atoms with van der Waals surface area (Å²) in [6.07, 6.45) is 1.28. The van der Waals surface area contributed by atoms with Gasteiger partial charge < -0.3 is 9.13 Å². The molecule has 1 aliphatic carbocycles. The number of para-hydroxylation sites is 1. The first kappa shape index (κ1) is 15.6. The molecule has 2 aromatic heterocycles. The lowest BCUT2D eigenvalue weighted by molar-refractivity contribution is 0.733. The van der Waals surface area contributed by atoms with Crippen molar-refractivity contribution in [3.8, 4) is 0 Å². The molecule has 0 radical (unpaired) electrons. The van der Waals surface area contributed by atoms with Crippen LogP contribution in [0.2, 0.25) is 0 Å². The molecule has 140 valence electrons. The van der Waals surface area contributed by atoms with E-state index >= 15 is 0 Å². The fourth-order valence-corrected chi connectivity index (χ4v) is 5.58. The molecule has 29 heavy (non-hydrogen) atoms. The molecule has 2 nitrogen and oxygen atoms in total. The van der Waals surface area contributed by atoms with E-state index in [9.17, 15) is 0 Å². The van der Waals surface area contributed by atoms with E-state index in [0.717, 1.165) is 5.92 Å². The van der Waals surface area contributed by atoms with Crippen LogP contribution in [0.15, 0.2) is 72.8 Å². The van der Waals surface area contributed by atoms with Crippen molar-refractivity contribution in [3.05, 3.63) is 72.8 Å². The second-order valence-corrected chi connectivity index (χ2v) is 8.76. The number of fused-ring (bicyclic) bond motifs is 9. The van der Waals surface area contributed by atoms with Crippen LogP contribution >= 0.6 is 0 Å². The molecule has 0 amide bonds. The Kier molecular flexibility index (Phi) is 2.81. The second kappa shape index (κ2) is 5.21. The van der Waals surface area contributed by atoms with E-state index in [4.69, 9.17) is 0 Å². The van der Waals surface area contributed by atoms with Crippen molar-refractivity contribution in [1.82, 2.24) is 9.13 Å². The summed E-state index contributed by atoms with van der Waals surface area (Å²) in [5.74, 6) is 0.753. The standard InChI is InChI=1S/C27H22N2/c1-16-15-24(16)29-22-13-11-17-7-3-4-8-18(17)25(22)26-23(29)14-12-20-19-9-5-6-10-21(19)28(2)27(20)26/h3-14,16,24H,15H2,1-2H3. The first-order valence-corrected chi connectivity index (χ1v) is 10.6. The Morgan fingerprint density at radius 3 is 2.21 bits per heavy atom. The Labute approximate surface area is 168 Å².